The van der Waals surface area contributed by atoms with Crippen LogP contribution in [0, 0.1) is 10.1 Å². The molecule has 3 rings (SSSR count). The molecule has 2 aromatic rings. The number of nitro groups is 1. The zero-order valence-corrected chi connectivity index (χ0v) is 17.0. The Bertz CT molecular complexity index is 1050. The van der Waals surface area contributed by atoms with Gasteiger partial charge in [-0.2, -0.15) is 4.31 Å². The summed E-state index contributed by atoms with van der Waals surface area (Å²) >= 11 is 0. The third-order valence-corrected chi connectivity index (χ3v) is 6.41. The second-order valence-electron chi connectivity index (χ2n) is 6.37. The maximum atomic E-state index is 12.8. The number of hydrogen-bond donors (Lipinski definition) is 0. The van der Waals surface area contributed by atoms with Crippen LogP contribution in [0.1, 0.15) is 15.9 Å². The molecular weight excluding hydrogens is 416 g/mol. The number of nitro benzene ring substituents is 1. The number of esters is 1. The minimum absolute atomic E-state index is 0.0215. The van der Waals surface area contributed by atoms with E-state index in [4.69, 9.17) is 14.2 Å². The van der Waals surface area contributed by atoms with Crippen molar-refractivity contribution in [2.45, 2.75) is 11.5 Å². The van der Waals surface area contributed by atoms with Crippen LogP contribution in [0.2, 0.25) is 0 Å². The highest BCUT2D eigenvalue weighted by Gasteiger charge is 2.27. The van der Waals surface area contributed by atoms with E-state index in [0.29, 0.717) is 24.5 Å². The van der Waals surface area contributed by atoms with Gasteiger partial charge in [0.15, 0.2) is 0 Å². The van der Waals surface area contributed by atoms with E-state index in [-0.39, 0.29) is 35.8 Å². The average molecular weight is 436 g/mol. The molecule has 1 aliphatic rings. The highest BCUT2D eigenvalue weighted by atomic mass is 32.2. The molecule has 1 aliphatic heterocycles. The van der Waals surface area contributed by atoms with Gasteiger partial charge in [0.05, 0.1) is 35.7 Å². The standard InChI is InChI=1S/C19H20N2O8S/c1-27-18-6-5-16(21(23)24)11-15(18)13-29-19(22)14-3-2-4-17(12-14)30(25,26)20-7-9-28-10-8-20/h2-6,11-12H,7-10,13H2,1H3. The van der Waals surface area contributed by atoms with E-state index in [1.807, 2.05) is 0 Å². The molecule has 1 heterocycles. The van der Waals surface area contributed by atoms with Crippen LogP contribution in [-0.4, -0.2) is 57.0 Å². The first-order valence-electron chi connectivity index (χ1n) is 8.99. The summed E-state index contributed by atoms with van der Waals surface area (Å²) in [4.78, 5) is 22.8. The van der Waals surface area contributed by atoms with Gasteiger partial charge in [0.25, 0.3) is 5.69 Å². The maximum absolute atomic E-state index is 12.8. The van der Waals surface area contributed by atoms with Crippen LogP contribution in [0.4, 0.5) is 5.69 Å². The molecule has 160 valence electrons. The second-order valence-corrected chi connectivity index (χ2v) is 8.31. The molecule has 0 amide bonds. The maximum Gasteiger partial charge on any atom is 0.338 e. The molecular formula is C19H20N2O8S. The molecule has 10 nitrogen and oxygen atoms in total. The minimum atomic E-state index is -3.76. The summed E-state index contributed by atoms with van der Waals surface area (Å²) < 4.78 is 42.4. The van der Waals surface area contributed by atoms with Crippen LogP contribution < -0.4 is 4.74 Å². The second kappa shape index (κ2) is 9.20. The Morgan fingerprint density at radius 3 is 2.60 bits per heavy atom. The lowest BCUT2D eigenvalue weighted by atomic mass is 10.2. The van der Waals surface area contributed by atoms with Gasteiger partial charge >= 0.3 is 5.97 Å². The van der Waals surface area contributed by atoms with Gasteiger partial charge in [0.2, 0.25) is 10.0 Å². The Labute approximate surface area is 173 Å². The van der Waals surface area contributed by atoms with Crippen molar-refractivity contribution >= 4 is 21.7 Å². The van der Waals surface area contributed by atoms with Crippen molar-refractivity contribution in [3.05, 3.63) is 63.7 Å². The fraction of sp³-hybridized carbons (Fsp3) is 0.316. The van der Waals surface area contributed by atoms with Crippen molar-refractivity contribution in [2.24, 2.45) is 0 Å². The fourth-order valence-corrected chi connectivity index (χ4v) is 4.39. The monoisotopic (exact) mass is 436 g/mol. The third-order valence-electron chi connectivity index (χ3n) is 4.51. The average Bonchev–Trinajstić information content (AvgIpc) is 2.77. The number of hydrogen-bond acceptors (Lipinski definition) is 8. The smallest absolute Gasteiger partial charge is 0.338 e. The molecule has 2 aromatic carbocycles. The number of ether oxygens (including phenoxy) is 3. The van der Waals surface area contributed by atoms with Crippen LogP contribution >= 0.6 is 0 Å². The van der Waals surface area contributed by atoms with Crippen LogP contribution in [0.25, 0.3) is 0 Å². The molecule has 0 unspecified atom stereocenters. The van der Waals surface area contributed by atoms with Gasteiger partial charge in [0, 0.05) is 30.8 Å². The molecule has 11 heteroatoms. The number of morpholine rings is 1. The predicted molar refractivity (Wildman–Crippen MR) is 105 cm³/mol. The Morgan fingerprint density at radius 1 is 1.20 bits per heavy atom. The molecule has 1 saturated heterocycles. The van der Waals surface area contributed by atoms with Crippen LogP contribution in [0.15, 0.2) is 47.4 Å². The molecule has 0 atom stereocenters. The van der Waals surface area contributed by atoms with Crippen molar-refractivity contribution in [1.29, 1.82) is 0 Å². The lowest BCUT2D eigenvalue weighted by Gasteiger charge is -2.26. The van der Waals surface area contributed by atoms with Gasteiger partial charge in [-0.1, -0.05) is 6.07 Å². The number of benzene rings is 2. The number of sulfonamides is 1. The first-order chi connectivity index (χ1) is 14.3. The summed E-state index contributed by atoms with van der Waals surface area (Å²) in [6, 6.07) is 9.50. The highest BCUT2D eigenvalue weighted by molar-refractivity contribution is 7.89. The van der Waals surface area contributed by atoms with Gasteiger partial charge in [-0.25, -0.2) is 13.2 Å². The number of carbonyl (C=O) groups is 1. The van der Waals surface area contributed by atoms with Crippen molar-refractivity contribution in [1.82, 2.24) is 4.31 Å². The van der Waals surface area contributed by atoms with Crippen LogP contribution in [-0.2, 0) is 26.1 Å². The first-order valence-corrected chi connectivity index (χ1v) is 10.4. The van der Waals surface area contributed by atoms with E-state index in [1.54, 1.807) is 0 Å². The van der Waals surface area contributed by atoms with Gasteiger partial charge in [-0.05, 0) is 24.3 Å². The quantitative estimate of drug-likeness (QED) is 0.366. The summed E-state index contributed by atoms with van der Waals surface area (Å²) in [5.41, 5.74) is 0.200. The molecule has 0 aliphatic carbocycles. The normalized spacial score (nSPS) is 14.8. The van der Waals surface area contributed by atoms with Crippen molar-refractivity contribution < 1.29 is 32.3 Å². The molecule has 0 radical (unpaired) electrons. The highest BCUT2D eigenvalue weighted by Crippen LogP contribution is 2.25. The van der Waals surface area contributed by atoms with Gasteiger partial charge in [-0.3, -0.25) is 10.1 Å². The Balaban J connectivity index is 1.76. The van der Waals surface area contributed by atoms with E-state index >= 15 is 0 Å². The molecule has 0 saturated carbocycles. The number of methoxy groups -OCH3 is 1. The molecule has 0 bridgehead atoms. The first kappa shape index (κ1) is 21.7. The van der Waals surface area contributed by atoms with Crippen molar-refractivity contribution in [2.75, 3.05) is 33.4 Å². The topological polar surface area (TPSA) is 125 Å². The van der Waals surface area contributed by atoms with Crippen molar-refractivity contribution in [3.8, 4) is 5.75 Å². The Kier molecular flexibility index (Phi) is 6.65. The minimum Gasteiger partial charge on any atom is -0.496 e. The molecule has 0 N–H and O–H groups in total. The van der Waals surface area contributed by atoms with Gasteiger partial charge in [0.1, 0.15) is 12.4 Å². The molecule has 1 fully saturated rings. The third kappa shape index (κ3) is 4.75. The van der Waals surface area contributed by atoms with Crippen LogP contribution in [0.5, 0.6) is 5.75 Å². The molecule has 0 aromatic heterocycles. The van der Waals surface area contributed by atoms with Crippen LogP contribution in [0.3, 0.4) is 0 Å². The fourth-order valence-electron chi connectivity index (χ4n) is 2.94. The lowest BCUT2D eigenvalue weighted by molar-refractivity contribution is -0.385. The summed E-state index contributed by atoms with van der Waals surface area (Å²) in [5.74, 6) is -0.431. The van der Waals surface area contributed by atoms with E-state index < -0.39 is 20.9 Å². The Morgan fingerprint density at radius 2 is 1.93 bits per heavy atom. The van der Waals surface area contributed by atoms with Crippen molar-refractivity contribution in [3.63, 3.8) is 0 Å². The summed E-state index contributed by atoms with van der Waals surface area (Å²) in [6.07, 6.45) is 0. The number of carbonyl (C=O) groups excluding carboxylic acids is 1. The number of nitrogens with zero attached hydrogens (tertiary/aromatic N) is 2. The van der Waals surface area contributed by atoms with Gasteiger partial charge < -0.3 is 14.2 Å². The SMILES string of the molecule is COc1ccc([N+](=O)[O-])cc1COC(=O)c1cccc(S(=O)(=O)N2CCOCC2)c1. The van der Waals surface area contributed by atoms with E-state index in [0.717, 1.165) is 0 Å². The summed E-state index contributed by atoms with van der Waals surface area (Å²) in [6.45, 7) is 0.829. The summed E-state index contributed by atoms with van der Waals surface area (Å²) in [7, 11) is -2.37. The number of rotatable bonds is 7. The van der Waals surface area contributed by atoms with E-state index in [9.17, 15) is 23.3 Å². The molecule has 30 heavy (non-hydrogen) atoms. The lowest BCUT2D eigenvalue weighted by Crippen LogP contribution is -2.40. The zero-order valence-electron chi connectivity index (χ0n) is 16.1. The van der Waals surface area contributed by atoms with Gasteiger partial charge in [-0.15, -0.1) is 0 Å². The summed E-state index contributed by atoms with van der Waals surface area (Å²) in [5, 5.41) is 11.0. The zero-order chi connectivity index (χ0) is 21.7. The van der Waals surface area contributed by atoms with E-state index in [1.165, 1.54) is 53.9 Å². The largest absolute Gasteiger partial charge is 0.496 e. The molecule has 0 spiro atoms. The predicted octanol–water partition coefficient (Wildman–Crippen LogP) is 1.98. The number of non-ortho nitro benzene ring substituents is 1. The Hall–Kier alpha value is -3.02. The van der Waals surface area contributed by atoms with E-state index in [2.05, 4.69) is 0 Å².